The van der Waals surface area contributed by atoms with E-state index in [1.54, 1.807) is 0 Å². The number of amides is 1. The predicted molar refractivity (Wildman–Crippen MR) is 68.7 cm³/mol. The summed E-state index contributed by atoms with van der Waals surface area (Å²) in [4.78, 5) is 11.7. The Balaban J connectivity index is 0.00000144. The van der Waals surface area contributed by atoms with Gasteiger partial charge in [0.05, 0.1) is 6.04 Å². The fourth-order valence-electron chi connectivity index (χ4n) is 2.09. The van der Waals surface area contributed by atoms with Crippen molar-refractivity contribution in [3.63, 3.8) is 0 Å². The molecule has 0 bridgehead atoms. The van der Waals surface area contributed by atoms with Crippen LogP contribution in [0.3, 0.4) is 0 Å². The Labute approximate surface area is 116 Å². The third-order valence-corrected chi connectivity index (χ3v) is 4.11. The van der Waals surface area contributed by atoms with E-state index in [0.29, 0.717) is 6.42 Å². The molecule has 1 amide bonds. The topological polar surface area (TPSA) is 41.1 Å². The number of rotatable bonds is 3. The Hall–Kier alpha value is 0.230. The number of nitrogens with one attached hydrogen (secondary N) is 2. The minimum absolute atomic E-state index is 0. The van der Waals surface area contributed by atoms with Crippen molar-refractivity contribution in [2.24, 2.45) is 5.92 Å². The van der Waals surface area contributed by atoms with Gasteiger partial charge in [0, 0.05) is 24.9 Å². The fraction of sp³-hybridized carbons (Fsp3) is 0.900. The largest absolute Gasteiger partial charge is 0.352 e. The molecule has 2 aliphatic rings. The molecule has 1 aliphatic heterocycles. The van der Waals surface area contributed by atoms with Crippen molar-refractivity contribution in [3.05, 3.63) is 0 Å². The van der Waals surface area contributed by atoms with Gasteiger partial charge in [-0.2, -0.15) is 0 Å². The summed E-state index contributed by atoms with van der Waals surface area (Å²) in [6, 6.07) is -0.487. The lowest BCUT2D eigenvalue weighted by Crippen LogP contribution is -2.45. The summed E-state index contributed by atoms with van der Waals surface area (Å²) in [6.45, 7) is 2.13. The second-order valence-corrected chi connectivity index (χ2v) is 6.21. The number of hydrogen-bond donors (Lipinski definition) is 2. The molecular weight excluding hydrogens is 289 g/mol. The third-order valence-electron chi connectivity index (χ3n) is 3.24. The molecule has 17 heavy (non-hydrogen) atoms. The second kappa shape index (κ2) is 5.47. The molecule has 7 heteroatoms. The van der Waals surface area contributed by atoms with Gasteiger partial charge in [-0.05, 0) is 13.3 Å². The number of alkyl halides is 3. The zero-order valence-corrected chi connectivity index (χ0v) is 11.7. The smallest absolute Gasteiger partial charge is 0.237 e. The van der Waals surface area contributed by atoms with Gasteiger partial charge in [0.15, 0.2) is 0 Å². The number of carbonyl (C=O) groups is 1. The molecule has 1 saturated heterocycles. The van der Waals surface area contributed by atoms with Gasteiger partial charge in [-0.25, -0.2) is 4.39 Å². The Bertz CT molecular complexity index is 303. The average Bonchev–Trinajstić information content (AvgIpc) is 2.62. The molecule has 0 aromatic heterocycles. The first-order chi connectivity index (χ1) is 7.40. The Morgan fingerprint density at radius 1 is 1.59 bits per heavy atom. The van der Waals surface area contributed by atoms with E-state index in [0.717, 1.165) is 0 Å². The summed E-state index contributed by atoms with van der Waals surface area (Å²) in [5.74, 6) is -0.0638. The van der Waals surface area contributed by atoms with Crippen LogP contribution in [0, 0.1) is 5.92 Å². The van der Waals surface area contributed by atoms with Crippen molar-refractivity contribution in [2.45, 2.75) is 42.4 Å². The molecule has 0 radical (unpaired) electrons. The lowest BCUT2D eigenvalue weighted by molar-refractivity contribution is -0.123. The highest BCUT2D eigenvalue weighted by atomic mass is 35.5. The summed E-state index contributed by atoms with van der Waals surface area (Å²) < 4.78 is 12.2. The monoisotopic (exact) mass is 304 g/mol. The van der Waals surface area contributed by atoms with Crippen LogP contribution >= 0.6 is 35.6 Å². The molecule has 2 N–H and O–H groups in total. The molecular formula is C10H16Cl3FN2O. The summed E-state index contributed by atoms with van der Waals surface area (Å²) in [6.07, 6.45) is 0.0180. The minimum Gasteiger partial charge on any atom is -0.352 e. The molecule has 2 fully saturated rings. The maximum Gasteiger partial charge on any atom is 0.237 e. The summed E-state index contributed by atoms with van der Waals surface area (Å²) in [5, 5.41) is 5.66. The normalized spacial score (nSPS) is 35.9. The van der Waals surface area contributed by atoms with Crippen LogP contribution in [-0.4, -0.2) is 35.0 Å². The van der Waals surface area contributed by atoms with Crippen LogP contribution in [-0.2, 0) is 4.79 Å². The zero-order chi connectivity index (χ0) is 11.9. The standard InChI is InChI=1S/C10H15Cl2FN2O.ClH/c1-5(7-3-10(7,11)12)15-9(16)8-2-6(13)4-14-8;/h5-8,14H,2-4H2,1H3,(H,15,16);1H/t5-,6-,7-,8+;/m1./s1. The molecule has 0 aromatic carbocycles. The van der Waals surface area contributed by atoms with E-state index in [9.17, 15) is 9.18 Å². The highest BCUT2D eigenvalue weighted by molar-refractivity contribution is 6.50. The second-order valence-electron chi connectivity index (χ2n) is 4.66. The van der Waals surface area contributed by atoms with E-state index < -0.39 is 16.5 Å². The van der Waals surface area contributed by atoms with Crippen LogP contribution in [0.25, 0.3) is 0 Å². The van der Waals surface area contributed by atoms with E-state index >= 15 is 0 Å². The van der Waals surface area contributed by atoms with Crippen molar-refractivity contribution in [1.29, 1.82) is 0 Å². The molecule has 1 heterocycles. The van der Waals surface area contributed by atoms with Gasteiger partial charge in [0.1, 0.15) is 10.5 Å². The molecule has 0 aromatic rings. The lowest BCUT2D eigenvalue weighted by atomic mass is 10.1. The number of carbonyl (C=O) groups excluding carboxylic acids is 1. The Morgan fingerprint density at radius 3 is 2.59 bits per heavy atom. The molecule has 1 saturated carbocycles. The van der Waals surface area contributed by atoms with Crippen molar-refractivity contribution in [1.82, 2.24) is 10.6 Å². The van der Waals surface area contributed by atoms with Crippen LogP contribution in [0.4, 0.5) is 4.39 Å². The van der Waals surface area contributed by atoms with Crippen LogP contribution in [0.2, 0.25) is 0 Å². The van der Waals surface area contributed by atoms with Gasteiger partial charge in [-0.3, -0.25) is 4.79 Å². The molecule has 1 aliphatic carbocycles. The Kier molecular flexibility index (Phi) is 4.92. The van der Waals surface area contributed by atoms with Crippen molar-refractivity contribution in [3.8, 4) is 0 Å². The van der Waals surface area contributed by atoms with E-state index in [2.05, 4.69) is 10.6 Å². The van der Waals surface area contributed by atoms with Gasteiger partial charge in [-0.15, -0.1) is 35.6 Å². The first kappa shape index (κ1) is 15.3. The van der Waals surface area contributed by atoms with Crippen molar-refractivity contribution in [2.75, 3.05) is 6.54 Å². The average molecular weight is 306 g/mol. The lowest BCUT2D eigenvalue weighted by Gasteiger charge is -2.17. The number of halogens is 4. The maximum absolute atomic E-state index is 12.9. The quantitative estimate of drug-likeness (QED) is 0.781. The highest BCUT2D eigenvalue weighted by Gasteiger charge is 2.54. The highest BCUT2D eigenvalue weighted by Crippen LogP contribution is 2.54. The van der Waals surface area contributed by atoms with Gasteiger partial charge in [0.25, 0.3) is 0 Å². The van der Waals surface area contributed by atoms with Crippen LogP contribution in [0.15, 0.2) is 0 Å². The van der Waals surface area contributed by atoms with Crippen LogP contribution in [0.5, 0.6) is 0 Å². The summed E-state index contributed by atoms with van der Waals surface area (Å²) in [5.41, 5.74) is 0. The van der Waals surface area contributed by atoms with Crippen molar-refractivity contribution >= 4 is 41.5 Å². The molecule has 0 unspecified atom stereocenters. The summed E-state index contributed by atoms with van der Waals surface area (Å²) >= 11 is 11.8. The van der Waals surface area contributed by atoms with E-state index in [4.69, 9.17) is 23.2 Å². The van der Waals surface area contributed by atoms with Crippen LogP contribution < -0.4 is 10.6 Å². The maximum atomic E-state index is 12.9. The first-order valence-electron chi connectivity index (χ1n) is 5.46. The van der Waals surface area contributed by atoms with Gasteiger partial charge >= 0.3 is 0 Å². The molecule has 0 spiro atoms. The minimum atomic E-state index is -0.924. The van der Waals surface area contributed by atoms with Gasteiger partial charge in [0.2, 0.25) is 5.91 Å². The van der Waals surface area contributed by atoms with Gasteiger partial charge in [-0.1, -0.05) is 0 Å². The molecule has 4 atom stereocenters. The first-order valence-corrected chi connectivity index (χ1v) is 6.21. The SMILES string of the molecule is C[C@@H](NC(=O)[C@@H]1C[C@@H](F)CN1)[C@H]1CC1(Cl)Cl.Cl. The van der Waals surface area contributed by atoms with Crippen LogP contribution in [0.1, 0.15) is 19.8 Å². The van der Waals surface area contributed by atoms with E-state index in [1.165, 1.54) is 0 Å². The molecule has 100 valence electrons. The van der Waals surface area contributed by atoms with Crippen molar-refractivity contribution < 1.29 is 9.18 Å². The predicted octanol–water partition coefficient (Wildman–Crippen LogP) is 1.81. The van der Waals surface area contributed by atoms with Gasteiger partial charge < -0.3 is 10.6 Å². The van der Waals surface area contributed by atoms with E-state index in [-0.39, 0.29) is 43.2 Å². The molecule has 2 rings (SSSR count). The fourth-order valence-corrected chi connectivity index (χ4v) is 2.81. The van der Waals surface area contributed by atoms with E-state index in [1.807, 2.05) is 6.92 Å². The third kappa shape index (κ3) is 3.60. The zero-order valence-electron chi connectivity index (χ0n) is 9.38. The summed E-state index contributed by atoms with van der Waals surface area (Å²) in [7, 11) is 0. The number of hydrogen-bond acceptors (Lipinski definition) is 2. The molecule has 3 nitrogen and oxygen atoms in total. The Morgan fingerprint density at radius 2 is 2.18 bits per heavy atom.